The number of hydrogen-bond acceptors (Lipinski definition) is 3. The number of amides is 1. The van der Waals surface area contributed by atoms with Crippen molar-refractivity contribution in [2.75, 3.05) is 6.61 Å². The van der Waals surface area contributed by atoms with E-state index in [0.717, 1.165) is 17.7 Å². The molecule has 0 saturated carbocycles. The van der Waals surface area contributed by atoms with Crippen molar-refractivity contribution in [3.8, 4) is 0 Å². The van der Waals surface area contributed by atoms with Crippen LogP contribution in [0.15, 0.2) is 48.5 Å². The molecule has 0 saturated heterocycles. The molecule has 0 aliphatic rings. The molecule has 0 radical (unpaired) electrons. The van der Waals surface area contributed by atoms with Gasteiger partial charge in [0.1, 0.15) is 11.6 Å². The first kappa shape index (κ1) is 16.6. The van der Waals surface area contributed by atoms with Crippen molar-refractivity contribution < 1.29 is 23.1 Å². The van der Waals surface area contributed by atoms with Gasteiger partial charge in [-0.3, -0.25) is 4.79 Å². The van der Waals surface area contributed by atoms with Crippen molar-refractivity contribution in [3.05, 3.63) is 71.3 Å². The first-order chi connectivity index (χ1) is 11.0. The minimum absolute atomic E-state index is 0.256. The summed E-state index contributed by atoms with van der Waals surface area (Å²) in [6, 6.07) is 11.3. The molecule has 1 N–H and O–H groups in total. The Morgan fingerprint density at radius 1 is 1.09 bits per heavy atom. The Bertz CT molecular complexity index is 684. The Morgan fingerprint density at radius 3 is 2.30 bits per heavy atom. The zero-order chi connectivity index (χ0) is 16.8. The molecule has 1 atom stereocenters. The number of halogens is 2. The number of carbonyl (C=O) groups is 2. The van der Waals surface area contributed by atoms with Crippen LogP contribution >= 0.6 is 0 Å². The molecule has 0 spiro atoms. The van der Waals surface area contributed by atoms with Crippen molar-refractivity contribution in [2.45, 2.75) is 13.0 Å². The molecule has 0 fully saturated rings. The van der Waals surface area contributed by atoms with E-state index >= 15 is 0 Å². The Kier molecular flexibility index (Phi) is 5.41. The maximum absolute atomic E-state index is 13.0. The summed E-state index contributed by atoms with van der Waals surface area (Å²) < 4.78 is 30.8. The Hall–Kier alpha value is -2.76. The van der Waals surface area contributed by atoms with E-state index in [2.05, 4.69) is 5.32 Å². The van der Waals surface area contributed by atoms with Crippen molar-refractivity contribution in [1.29, 1.82) is 0 Å². The van der Waals surface area contributed by atoms with Gasteiger partial charge in [-0.1, -0.05) is 30.3 Å². The summed E-state index contributed by atoms with van der Waals surface area (Å²) in [5.41, 5.74) is 0.616. The summed E-state index contributed by atoms with van der Waals surface area (Å²) in [5.74, 6) is -3.25. The second-order valence-electron chi connectivity index (χ2n) is 4.93. The number of rotatable bonds is 5. The number of hydrogen-bond donors (Lipinski definition) is 1. The fraction of sp³-hybridized carbons (Fsp3) is 0.176. The van der Waals surface area contributed by atoms with Crippen molar-refractivity contribution in [3.63, 3.8) is 0 Å². The molecule has 0 aliphatic carbocycles. The van der Waals surface area contributed by atoms with Crippen molar-refractivity contribution in [1.82, 2.24) is 5.32 Å². The Morgan fingerprint density at radius 2 is 1.70 bits per heavy atom. The van der Waals surface area contributed by atoms with Gasteiger partial charge < -0.3 is 10.1 Å². The van der Waals surface area contributed by atoms with Crippen LogP contribution in [0.25, 0.3) is 0 Å². The molecule has 0 aliphatic heterocycles. The summed E-state index contributed by atoms with van der Waals surface area (Å²) in [6.07, 6.45) is 0. The van der Waals surface area contributed by atoms with Crippen LogP contribution in [0.3, 0.4) is 0 Å². The third-order valence-corrected chi connectivity index (χ3v) is 3.11. The predicted molar refractivity (Wildman–Crippen MR) is 79.6 cm³/mol. The monoisotopic (exact) mass is 319 g/mol. The van der Waals surface area contributed by atoms with E-state index < -0.39 is 30.1 Å². The Labute approximate surface area is 132 Å². The number of nitrogens with one attached hydrogen (secondary N) is 1. The van der Waals surface area contributed by atoms with Gasteiger partial charge in [-0.15, -0.1) is 0 Å². The van der Waals surface area contributed by atoms with E-state index in [1.54, 1.807) is 6.92 Å². The highest BCUT2D eigenvalue weighted by Crippen LogP contribution is 2.11. The molecule has 0 bridgehead atoms. The number of esters is 1. The van der Waals surface area contributed by atoms with E-state index in [1.165, 1.54) is 0 Å². The lowest BCUT2D eigenvalue weighted by molar-refractivity contribution is -0.124. The molecule has 6 heteroatoms. The second-order valence-corrected chi connectivity index (χ2v) is 4.93. The summed E-state index contributed by atoms with van der Waals surface area (Å²) >= 11 is 0. The molecular weight excluding hydrogens is 304 g/mol. The molecule has 23 heavy (non-hydrogen) atoms. The number of carbonyl (C=O) groups excluding carboxylic acids is 2. The quantitative estimate of drug-likeness (QED) is 0.862. The van der Waals surface area contributed by atoms with E-state index in [-0.39, 0.29) is 11.6 Å². The van der Waals surface area contributed by atoms with Crippen LogP contribution in [-0.4, -0.2) is 18.5 Å². The number of benzene rings is 2. The first-order valence-electron chi connectivity index (χ1n) is 6.93. The van der Waals surface area contributed by atoms with Gasteiger partial charge in [-0.2, -0.15) is 0 Å². The van der Waals surface area contributed by atoms with Crippen LogP contribution in [0, 0.1) is 11.6 Å². The van der Waals surface area contributed by atoms with Gasteiger partial charge >= 0.3 is 5.97 Å². The highest BCUT2D eigenvalue weighted by atomic mass is 19.1. The molecule has 2 aromatic carbocycles. The smallest absolute Gasteiger partial charge is 0.338 e. The summed E-state index contributed by atoms with van der Waals surface area (Å²) in [6.45, 7) is 1.26. The fourth-order valence-electron chi connectivity index (χ4n) is 1.99. The molecule has 4 nitrogen and oxygen atoms in total. The van der Waals surface area contributed by atoms with E-state index in [0.29, 0.717) is 6.07 Å². The zero-order valence-electron chi connectivity index (χ0n) is 12.4. The lowest BCUT2D eigenvalue weighted by Crippen LogP contribution is -2.31. The molecule has 0 heterocycles. The summed E-state index contributed by atoms with van der Waals surface area (Å²) in [5, 5.41) is 2.66. The van der Waals surface area contributed by atoms with Crippen LogP contribution in [0.5, 0.6) is 0 Å². The van der Waals surface area contributed by atoms with Gasteiger partial charge in [0, 0.05) is 6.07 Å². The topological polar surface area (TPSA) is 55.4 Å². The SMILES string of the molecule is C[C@H](NC(=O)COC(=O)c1cc(F)cc(F)c1)c1ccccc1. The standard InChI is InChI=1S/C17H15F2NO3/c1-11(12-5-3-2-4-6-12)20-16(21)10-23-17(22)13-7-14(18)9-15(19)8-13/h2-9,11H,10H2,1H3,(H,20,21)/t11-/m0/s1. The van der Waals surface area contributed by atoms with Crippen molar-refractivity contribution >= 4 is 11.9 Å². The summed E-state index contributed by atoms with van der Waals surface area (Å²) in [7, 11) is 0. The maximum Gasteiger partial charge on any atom is 0.338 e. The molecule has 0 aromatic heterocycles. The van der Waals surface area contributed by atoms with Gasteiger partial charge in [-0.05, 0) is 24.6 Å². The van der Waals surface area contributed by atoms with Crippen molar-refractivity contribution in [2.24, 2.45) is 0 Å². The van der Waals surface area contributed by atoms with Crippen LogP contribution in [0.2, 0.25) is 0 Å². The van der Waals surface area contributed by atoms with Crippen LogP contribution < -0.4 is 5.32 Å². The maximum atomic E-state index is 13.0. The van der Waals surface area contributed by atoms with Gasteiger partial charge in [0.05, 0.1) is 11.6 Å². The summed E-state index contributed by atoms with van der Waals surface area (Å²) in [4.78, 5) is 23.4. The largest absolute Gasteiger partial charge is 0.452 e. The lowest BCUT2D eigenvalue weighted by atomic mass is 10.1. The molecule has 0 unspecified atom stereocenters. The Balaban J connectivity index is 1.87. The van der Waals surface area contributed by atoms with Gasteiger partial charge in [-0.25, -0.2) is 13.6 Å². The fourth-order valence-corrected chi connectivity index (χ4v) is 1.99. The second kappa shape index (κ2) is 7.49. The normalized spacial score (nSPS) is 11.6. The van der Waals surface area contributed by atoms with E-state index in [4.69, 9.17) is 4.74 Å². The van der Waals surface area contributed by atoms with Gasteiger partial charge in [0.2, 0.25) is 0 Å². The minimum atomic E-state index is -0.967. The van der Waals surface area contributed by atoms with Crippen LogP contribution in [-0.2, 0) is 9.53 Å². The van der Waals surface area contributed by atoms with E-state index in [9.17, 15) is 18.4 Å². The predicted octanol–water partition coefficient (Wildman–Crippen LogP) is 3.00. The lowest BCUT2D eigenvalue weighted by Gasteiger charge is -2.14. The van der Waals surface area contributed by atoms with Gasteiger partial charge in [0.25, 0.3) is 5.91 Å². The van der Waals surface area contributed by atoms with Gasteiger partial charge in [0.15, 0.2) is 6.61 Å². The average Bonchev–Trinajstić information content (AvgIpc) is 2.52. The molecule has 1 amide bonds. The molecular formula is C17H15F2NO3. The first-order valence-corrected chi connectivity index (χ1v) is 6.93. The van der Waals surface area contributed by atoms with Crippen LogP contribution in [0.4, 0.5) is 8.78 Å². The number of ether oxygens (including phenoxy) is 1. The van der Waals surface area contributed by atoms with Crippen LogP contribution in [0.1, 0.15) is 28.9 Å². The highest BCUT2D eigenvalue weighted by Gasteiger charge is 2.14. The average molecular weight is 319 g/mol. The third kappa shape index (κ3) is 4.88. The zero-order valence-corrected chi connectivity index (χ0v) is 12.4. The molecule has 120 valence electrons. The van der Waals surface area contributed by atoms with E-state index in [1.807, 2.05) is 30.3 Å². The third-order valence-electron chi connectivity index (χ3n) is 3.11. The highest BCUT2D eigenvalue weighted by molar-refractivity contribution is 5.91. The molecule has 2 rings (SSSR count). The molecule has 2 aromatic rings. The minimum Gasteiger partial charge on any atom is -0.452 e.